The molecule has 1 aromatic heterocycles. The van der Waals surface area contributed by atoms with E-state index in [2.05, 4.69) is 20.9 Å². The van der Waals surface area contributed by atoms with Crippen LogP contribution in [0.2, 0.25) is 0 Å². The molecule has 0 aliphatic rings. The molecule has 0 saturated heterocycles. The van der Waals surface area contributed by atoms with E-state index in [0.717, 1.165) is 0 Å². The number of fused-ring (bicyclic) bond motifs is 1. The molecule has 3 aromatic rings. The average Bonchev–Trinajstić information content (AvgIpc) is 2.79. The number of benzene rings is 2. The maximum Gasteiger partial charge on any atom is 0.138 e. The SMILES string of the molecule is Fc1ccc(Br)c(-n2c(CCl)nc3cc(I)c(F)cc32)c1. The van der Waals surface area contributed by atoms with Crippen LogP contribution in [0.4, 0.5) is 8.78 Å². The Morgan fingerprint density at radius 3 is 2.71 bits per heavy atom. The fourth-order valence-corrected chi connectivity index (χ4v) is 3.19. The molecule has 2 aromatic carbocycles. The second-order valence-electron chi connectivity index (χ2n) is 4.35. The van der Waals surface area contributed by atoms with E-state index < -0.39 is 0 Å². The molecule has 0 unspecified atom stereocenters. The zero-order valence-corrected chi connectivity index (χ0v) is 14.9. The summed E-state index contributed by atoms with van der Waals surface area (Å²) in [6.07, 6.45) is 0. The van der Waals surface area contributed by atoms with Gasteiger partial charge in [-0.3, -0.25) is 4.57 Å². The molecule has 0 aliphatic heterocycles. The summed E-state index contributed by atoms with van der Waals surface area (Å²) in [5.41, 5.74) is 1.70. The van der Waals surface area contributed by atoms with E-state index in [1.165, 1.54) is 18.2 Å². The normalized spacial score (nSPS) is 11.3. The molecule has 3 rings (SSSR count). The average molecular weight is 483 g/mol. The van der Waals surface area contributed by atoms with Crippen LogP contribution in [-0.4, -0.2) is 9.55 Å². The lowest BCUT2D eigenvalue weighted by Gasteiger charge is -2.10. The molecule has 0 amide bonds. The number of aromatic nitrogens is 2. The van der Waals surface area contributed by atoms with Gasteiger partial charge in [0.25, 0.3) is 0 Å². The quantitative estimate of drug-likeness (QED) is 0.352. The molecule has 0 aliphatic carbocycles. The van der Waals surface area contributed by atoms with Gasteiger partial charge in [0.1, 0.15) is 17.5 Å². The van der Waals surface area contributed by atoms with Crippen molar-refractivity contribution in [3.63, 3.8) is 0 Å². The summed E-state index contributed by atoms with van der Waals surface area (Å²) in [6.45, 7) is 0. The number of halogens is 5. The minimum absolute atomic E-state index is 0.135. The predicted octanol–water partition coefficient (Wildman–Crippen LogP) is 5.41. The molecule has 1 heterocycles. The summed E-state index contributed by atoms with van der Waals surface area (Å²) in [6, 6.07) is 7.33. The highest BCUT2D eigenvalue weighted by Crippen LogP contribution is 2.30. The molecule has 108 valence electrons. The first-order chi connectivity index (χ1) is 10.0. The lowest BCUT2D eigenvalue weighted by molar-refractivity contribution is 0.621. The summed E-state index contributed by atoms with van der Waals surface area (Å²) >= 11 is 11.2. The van der Waals surface area contributed by atoms with E-state index in [4.69, 9.17) is 11.6 Å². The van der Waals surface area contributed by atoms with Crippen LogP contribution in [0, 0.1) is 15.2 Å². The highest BCUT2D eigenvalue weighted by Gasteiger charge is 2.16. The zero-order chi connectivity index (χ0) is 15.1. The summed E-state index contributed by atoms with van der Waals surface area (Å²) in [5.74, 6) is -0.0747. The first kappa shape index (κ1) is 15.2. The Hall–Kier alpha value is -0.730. The van der Waals surface area contributed by atoms with Crippen molar-refractivity contribution in [3.05, 3.63) is 55.8 Å². The Kier molecular flexibility index (Phi) is 4.20. The lowest BCUT2D eigenvalue weighted by Crippen LogP contribution is -2.01. The van der Waals surface area contributed by atoms with E-state index in [0.29, 0.717) is 30.6 Å². The lowest BCUT2D eigenvalue weighted by atomic mass is 10.2. The van der Waals surface area contributed by atoms with E-state index in [9.17, 15) is 8.78 Å². The van der Waals surface area contributed by atoms with Crippen molar-refractivity contribution in [1.29, 1.82) is 0 Å². The first-order valence-electron chi connectivity index (χ1n) is 5.89. The molecule has 0 N–H and O–H groups in total. The van der Waals surface area contributed by atoms with Gasteiger partial charge in [-0.15, -0.1) is 11.6 Å². The van der Waals surface area contributed by atoms with Crippen molar-refractivity contribution in [2.75, 3.05) is 0 Å². The van der Waals surface area contributed by atoms with Gasteiger partial charge in [0.15, 0.2) is 0 Å². The molecule has 0 bridgehead atoms. The summed E-state index contributed by atoms with van der Waals surface area (Å²) in [4.78, 5) is 4.40. The van der Waals surface area contributed by atoms with Crippen LogP contribution in [0.15, 0.2) is 34.8 Å². The molecule has 0 spiro atoms. The molecule has 0 radical (unpaired) electrons. The third kappa shape index (κ3) is 2.68. The maximum atomic E-state index is 13.9. The third-order valence-corrected chi connectivity index (χ3v) is 4.77. The number of rotatable bonds is 2. The van der Waals surface area contributed by atoms with Gasteiger partial charge in [0.2, 0.25) is 0 Å². The van der Waals surface area contributed by atoms with Crippen LogP contribution in [0.5, 0.6) is 0 Å². The molecule has 21 heavy (non-hydrogen) atoms. The van der Waals surface area contributed by atoms with Crippen LogP contribution in [0.1, 0.15) is 5.82 Å². The van der Waals surface area contributed by atoms with Crippen molar-refractivity contribution < 1.29 is 8.78 Å². The first-order valence-corrected chi connectivity index (χ1v) is 8.29. The van der Waals surface area contributed by atoms with E-state index in [-0.39, 0.29) is 17.5 Å². The molecule has 7 heteroatoms. The largest absolute Gasteiger partial charge is 0.294 e. The van der Waals surface area contributed by atoms with Gasteiger partial charge >= 0.3 is 0 Å². The maximum absolute atomic E-state index is 13.9. The van der Waals surface area contributed by atoms with E-state index in [1.807, 2.05) is 22.6 Å². The fourth-order valence-electron chi connectivity index (χ4n) is 2.14. The standard InChI is InChI=1S/C14H7BrClF2IN2/c15-8-2-1-7(17)3-12(8)21-13-4-9(18)10(19)5-11(13)20-14(21)6-16/h1-5H,6H2. The highest BCUT2D eigenvalue weighted by atomic mass is 127. The monoisotopic (exact) mass is 482 g/mol. The van der Waals surface area contributed by atoms with Crippen molar-refractivity contribution in [3.8, 4) is 5.69 Å². The van der Waals surface area contributed by atoms with Gasteiger partial charge in [0, 0.05) is 10.5 Å². The van der Waals surface area contributed by atoms with Gasteiger partial charge < -0.3 is 0 Å². The molecule has 0 saturated carbocycles. The third-order valence-electron chi connectivity index (χ3n) is 3.03. The van der Waals surface area contributed by atoms with Crippen molar-refractivity contribution in [2.24, 2.45) is 0 Å². The Morgan fingerprint density at radius 2 is 2.00 bits per heavy atom. The van der Waals surface area contributed by atoms with Crippen LogP contribution >= 0.6 is 50.1 Å². The van der Waals surface area contributed by atoms with Crippen LogP contribution < -0.4 is 0 Å². The Balaban J connectivity index is 2.40. The van der Waals surface area contributed by atoms with Crippen LogP contribution in [0.25, 0.3) is 16.7 Å². The molecule has 0 atom stereocenters. The summed E-state index contributed by atoms with van der Waals surface area (Å²) in [5, 5.41) is 0. The van der Waals surface area contributed by atoms with Gasteiger partial charge in [-0.25, -0.2) is 13.8 Å². The smallest absolute Gasteiger partial charge is 0.138 e. The van der Waals surface area contributed by atoms with Crippen LogP contribution in [-0.2, 0) is 5.88 Å². The molecular weight excluding hydrogens is 476 g/mol. The van der Waals surface area contributed by atoms with Crippen molar-refractivity contribution in [1.82, 2.24) is 9.55 Å². The minimum atomic E-state index is -0.387. The van der Waals surface area contributed by atoms with Crippen LogP contribution in [0.3, 0.4) is 0 Å². The Bertz CT molecular complexity index is 851. The second-order valence-corrected chi connectivity index (χ2v) is 6.63. The van der Waals surface area contributed by atoms with Crippen molar-refractivity contribution in [2.45, 2.75) is 5.88 Å². The number of nitrogens with zero attached hydrogens (tertiary/aromatic N) is 2. The van der Waals surface area contributed by atoms with Gasteiger partial charge in [-0.1, -0.05) is 0 Å². The predicted molar refractivity (Wildman–Crippen MR) is 91.0 cm³/mol. The summed E-state index contributed by atoms with van der Waals surface area (Å²) < 4.78 is 30.2. The molecule has 2 nitrogen and oxygen atoms in total. The number of imidazole rings is 1. The Labute approximate surface area is 146 Å². The van der Waals surface area contributed by atoms with E-state index in [1.54, 1.807) is 16.7 Å². The Morgan fingerprint density at radius 1 is 1.24 bits per heavy atom. The highest BCUT2D eigenvalue weighted by molar-refractivity contribution is 14.1. The second kappa shape index (κ2) is 5.81. The fraction of sp³-hybridized carbons (Fsp3) is 0.0714. The molecular formula is C14H7BrClF2IN2. The minimum Gasteiger partial charge on any atom is -0.294 e. The molecule has 0 fully saturated rings. The zero-order valence-electron chi connectivity index (χ0n) is 10.4. The van der Waals surface area contributed by atoms with Crippen molar-refractivity contribution >= 4 is 61.2 Å². The number of hydrogen-bond donors (Lipinski definition) is 0. The van der Waals surface area contributed by atoms with Gasteiger partial charge in [-0.05, 0) is 62.8 Å². The topological polar surface area (TPSA) is 17.8 Å². The number of alkyl halides is 1. The van der Waals surface area contributed by atoms with Gasteiger partial charge in [0.05, 0.1) is 26.2 Å². The number of hydrogen-bond acceptors (Lipinski definition) is 1. The van der Waals surface area contributed by atoms with Gasteiger partial charge in [-0.2, -0.15) is 0 Å². The van der Waals surface area contributed by atoms with E-state index >= 15 is 0 Å². The summed E-state index contributed by atoms with van der Waals surface area (Å²) in [7, 11) is 0.